The Morgan fingerprint density at radius 2 is 2.10 bits per heavy atom. The van der Waals surface area contributed by atoms with Gasteiger partial charge in [0.2, 0.25) is 0 Å². The average molecular weight is 271 g/mol. The van der Waals surface area contributed by atoms with Gasteiger partial charge in [0.25, 0.3) is 0 Å². The third-order valence-corrected chi connectivity index (χ3v) is 3.77. The molecule has 106 valence electrons. The molecule has 2 aromatic rings. The summed E-state index contributed by atoms with van der Waals surface area (Å²) in [6.45, 7) is 2.15. The summed E-state index contributed by atoms with van der Waals surface area (Å²) >= 11 is 0. The van der Waals surface area contributed by atoms with Crippen molar-refractivity contribution in [3.05, 3.63) is 29.6 Å². The predicted octanol–water partition coefficient (Wildman–Crippen LogP) is 2.54. The van der Waals surface area contributed by atoms with Gasteiger partial charge in [-0.3, -0.25) is 4.57 Å². The first kappa shape index (κ1) is 13.1. The van der Waals surface area contributed by atoms with Gasteiger partial charge in [0.15, 0.2) is 0 Å². The summed E-state index contributed by atoms with van der Waals surface area (Å²) in [7, 11) is 1.89. The van der Waals surface area contributed by atoms with Crippen LogP contribution in [0.2, 0.25) is 0 Å². The van der Waals surface area contributed by atoms with E-state index >= 15 is 0 Å². The largest absolute Gasteiger partial charge is 0.373 e. The first-order valence-electron chi connectivity index (χ1n) is 7.43. The van der Waals surface area contributed by atoms with Crippen LogP contribution >= 0.6 is 0 Å². The van der Waals surface area contributed by atoms with E-state index in [0.717, 1.165) is 43.1 Å². The third-order valence-electron chi connectivity index (χ3n) is 3.77. The second kappa shape index (κ2) is 5.61. The van der Waals surface area contributed by atoms with Gasteiger partial charge in [0, 0.05) is 25.2 Å². The second-order valence-electron chi connectivity index (χ2n) is 5.24. The maximum absolute atomic E-state index is 4.69. The minimum Gasteiger partial charge on any atom is -0.373 e. The van der Waals surface area contributed by atoms with Crippen molar-refractivity contribution in [1.29, 1.82) is 0 Å². The molecule has 0 fully saturated rings. The van der Waals surface area contributed by atoms with Crippen molar-refractivity contribution in [2.24, 2.45) is 0 Å². The van der Waals surface area contributed by atoms with Crippen molar-refractivity contribution in [3.8, 4) is 5.82 Å². The van der Waals surface area contributed by atoms with E-state index in [4.69, 9.17) is 4.98 Å². The van der Waals surface area contributed by atoms with Crippen molar-refractivity contribution in [3.63, 3.8) is 0 Å². The summed E-state index contributed by atoms with van der Waals surface area (Å²) in [5.74, 6) is 2.70. The zero-order valence-corrected chi connectivity index (χ0v) is 12.2. The van der Waals surface area contributed by atoms with E-state index in [0.29, 0.717) is 0 Å². The number of rotatable bonds is 4. The predicted molar refractivity (Wildman–Crippen MR) is 79.3 cm³/mol. The lowest BCUT2D eigenvalue weighted by atomic mass is 10.0. The maximum atomic E-state index is 4.69. The fourth-order valence-corrected chi connectivity index (χ4v) is 2.74. The fourth-order valence-electron chi connectivity index (χ4n) is 2.74. The number of hydrogen-bond acceptors (Lipinski definition) is 4. The summed E-state index contributed by atoms with van der Waals surface area (Å²) in [6.07, 6.45) is 8.54. The molecule has 2 aromatic heterocycles. The van der Waals surface area contributed by atoms with Crippen molar-refractivity contribution in [1.82, 2.24) is 19.5 Å². The average Bonchev–Trinajstić information content (AvgIpc) is 2.91. The first-order valence-corrected chi connectivity index (χ1v) is 7.43. The normalized spacial score (nSPS) is 14.1. The Bertz CT molecular complexity index is 602. The van der Waals surface area contributed by atoms with Gasteiger partial charge < -0.3 is 5.32 Å². The molecule has 0 aliphatic heterocycles. The Labute approximate surface area is 119 Å². The van der Waals surface area contributed by atoms with Gasteiger partial charge in [-0.1, -0.05) is 6.92 Å². The van der Waals surface area contributed by atoms with Crippen LogP contribution in [-0.2, 0) is 19.3 Å². The van der Waals surface area contributed by atoms with Crippen LogP contribution in [0.25, 0.3) is 5.82 Å². The Morgan fingerprint density at radius 3 is 2.90 bits per heavy atom. The highest BCUT2D eigenvalue weighted by atomic mass is 15.1. The van der Waals surface area contributed by atoms with E-state index in [1.54, 1.807) is 0 Å². The van der Waals surface area contributed by atoms with Gasteiger partial charge in [-0.15, -0.1) is 0 Å². The second-order valence-corrected chi connectivity index (χ2v) is 5.24. The number of hydrogen-bond donors (Lipinski definition) is 1. The van der Waals surface area contributed by atoms with Gasteiger partial charge >= 0.3 is 0 Å². The lowest BCUT2D eigenvalue weighted by molar-refractivity contribution is 0.653. The molecule has 1 aliphatic rings. The number of imidazole rings is 1. The zero-order valence-electron chi connectivity index (χ0n) is 12.2. The van der Waals surface area contributed by atoms with Gasteiger partial charge in [0.1, 0.15) is 23.8 Å². The Morgan fingerprint density at radius 1 is 1.25 bits per heavy atom. The fraction of sp³-hybridized carbons (Fsp3) is 0.533. The molecule has 0 atom stereocenters. The molecule has 0 amide bonds. The maximum Gasteiger partial charge on any atom is 0.143 e. The molecule has 0 radical (unpaired) electrons. The molecule has 0 saturated carbocycles. The molecule has 1 N–H and O–H groups in total. The highest BCUT2D eigenvalue weighted by molar-refractivity contribution is 5.42. The number of aromatic nitrogens is 4. The number of nitrogens with zero attached hydrogens (tertiary/aromatic N) is 4. The highest BCUT2D eigenvalue weighted by Gasteiger charge is 2.17. The molecule has 0 unspecified atom stereocenters. The minimum atomic E-state index is 0.872. The van der Waals surface area contributed by atoms with E-state index in [2.05, 4.69) is 26.8 Å². The van der Waals surface area contributed by atoms with E-state index in [9.17, 15) is 0 Å². The lowest BCUT2D eigenvalue weighted by Gasteiger charge is -2.14. The molecule has 0 spiro atoms. The quantitative estimate of drug-likeness (QED) is 0.928. The molecule has 20 heavy (non-hydrogen) atoms. The number of fused-ring (bicyclic) bond motifs is 1. The zero-order chi connectivity index (χ0) is 13.9. The Hall–Kier alpha value is -1.91. The molecule has 2 heterocycles. The molecule has 0 saturated heterocycles. The summed E-state index contributed by atoms with van der Waals surface area (Å²) in [5.41, 5.74) is 2.55. The SMILES string of the molecule is CCCc1nc(NC)cc(-n2cnc3c2CCCC3)n1. The third kappa shape index (κ3) is 2.40. The Kier molecular flexibility index (Phi) is 3.67. The molecule has 0 aromatic carbocycles. The van der Waals surface area contributed by atoms with Gasteiger partial charge in [-0.05, 0) is 32.1 Å². The molecule has 5 heteroatoms. The molecule has 1 aliphatic carbocycles. The van der Waals surface area contributed by atoms with Crippen LogP contribution in [0.4, 0.5) is 5.82 Å². The van der Waals surface area contributed by atoms with Gasteiger partial charge in [0.05, 0.1) is 5.69 Å². The molecular weight excluding hydrogens is 250 g/mol. The number of nitrogens with one attached hydrogen (secondary N) is 1. The summed E-state index contributed by atoms with van der Waals surface area (Å²) < 4.78 is 2.14. The summed E-state index contributed by atoms with van der Waals surface area (Å²) in [5, 5.41) is 3.12. The molecule has 3 rings (SSSR count). The summed E-state index contributed by atoms with van der Waals surface area (Å²) in [4.78, 5) is 13.7. The Balaban J connectivity index is 2.04. The van der Waals surface area contributed by atoms with Crippen molar-refractivity contribution in [2.75, 3.05) is 12.4 Å². The van der Waals surface area contributed by atoms with Crippen LogP contribution in [0.5, 0.6) is 0 Å². The minimum absolute atomic E-state index is 0.872. The topological polar surface area (TPSA) is 55.6 Å². The lowest BCUT2D eigenvalue weighted by Crippen LogP contribution is -2.10. The standard InChI is InChI=1S/C15H21N5/c1-3-6-13-18-14(16-2)9-15(19-13)20-10-17-11-7-4-5-8-12(11)20/h9-10H,3-8H2,1-2H3,(H,16,18,19). The van der Waals surface area contributed by atoms with Gasteiger partial charge in [-0.2, -0.15) is 0 Å². The van der Waals surface area contributed by atoms with E-state index in [1.165, 1.54) is 24.2 Å². The number of anilines is 1. The van der Waals surface area contributed by atoms with E-state index in [-0.39, 0.29) is 0 Å². The smallest absolute Gasteiger partial charge is 0.143 e. The van der Waals surface area contributed by atoms with Crippen LogP contribution in [0.15, 0.2) is 12.4 Å². The van der Waals surface area contributed by atoms with Gasteiger partial charge in [-0.25, -0.2) is 15.0 Å². The van der Waals surface area contributed by atoms with Crippen LogP contribution in [-0.4, -0.2) is 26.6 Å². The summed E-state index contributed by atoms with van der Waals surface area (Å²) in [6, 6.07) is 2.00. The number of aryl methyl sites for hydroxylation is 2. The van der Waals surface area contributed by atoms with Crippen LogP contribution < -0.4 is 5.32 Å². The van der Waals surface area contributed by atoms with Crippen molar-refractivity contribution >= 4 is 5.82 Å². The van der Waals surface area contributed by atoms with E-state index in [1.807, 2.05) is 19.4 Å². The van der Waals surface area contributed by atoms with E-state index < -0.39 is 0 Å². The molecular formula is C15H21N5. The monoisotopic (exact) mass is 271 g/mol. The highest BCUT2D eigenvalue weighted by Crippen LogP contribution is 2.23. The van der Waals surface area contributed by atoms with Crippen LogP contribution in [0, 0.1) is 0 Å². The molecule has 5 nitrogen and oxygen atoms in total. The van der Waals surface area contributed by atoms with Crippen LogP contribution in [0.1, 0.15) is 43.4 Å². The first-order chi connectivity index (χ1) is 9.81. The van der Waals surface area contributed by atoms with Crippen molar-refractivity contribution in [2.45, 2.75) is 45.4 Å². The molecule has 0 bridgehead atoms. The van der Waals surface area contributed by atoms with Crippen molar-refractivity contribution < 1.29 is 0 Å². The van der Waals surface area contributed by atoms with Crippen LogP contribution in [0.3, 0.4) is 0 Å².